The van der Waals surface area contributed by atoms with Gasteiger partial charge in [-0.15, -0.1) is 11.8 Å². The molecule has 1 amide bonds. The first-order valence-electron chi connectivity index (χ1n) is 7.19. The largest absolute Gasteiger partial charge is 0.494 e. The van der Waals surface area contributed by atoms with Crippen molar-refractivity contribution in [1.29, 1.82) is 0 Å². The standard InChI is InChI=1S/C17H16N2O3S/c20-17(16-11-21-8-9-22-16)19-14-3-5-15(6-4-14)23-12-13-2-1-7-18-10-13/h1-7,10-11H,8-9,12H2,(H,19,20). The predicted molar refractivity (Wildman–Crippen MR) is 88.9 cm³/mol. The lowest BCUT2D eigenvalue weighted by Crippen LogP contribution is -2.21. The van der Waals surface area contributed by atoms with Crippen molar-refractivity contribution < 1.29 is 14.3 Å². The number of ether oxygens (including phenoxy) is 2. The highest BCUT2D eigenvalue weighted by atomic mass is 32.2. The Morgan fingerprint density at radius 1 is 1.22 bits per heavy atom. The van der Waals surface area contributed by atoms with Crippen molar-refractivity contribution in [2.24, 2.45) is 0 Å². The van der Waals surface area contributed by atoms with E-state index in [0.717, 1.165) is 16.3 Å². The Labute approximate surface area is 138 Å². The average Bonchev–Trinajstić information content (AvgIpc) is 2.63. The van der Waals surface area contributed by atoms with E-state index < -0.39 is 0 Å². The molecule has 118 valence electrons. The monoisotopic (exact) mass is 328 g/mol. The number of carbonyl (C=O) groups excluding carboxylic acids is 1. The molecular formula is C17H16N2O3S. The first-order chi connectivity index (χ1) is 11.3. The number of nitrogens with zero attached hydrogens (tertiary/aromatic N) is 1. The zero-order chi connectivity index (χ0) is 15.9. The highest BCUT2D eigenvalue weighted by Crippen LogP contribution is 2.24. The second-order valence-electron chi connectivity index (χ2n) is 4.83. The molecule has 1 aliphatic heterocycles. The second-order valence-corrected chi connectivity index (χ2v) is 5.88. The van der Waals surface area contributed by atoms with Crippen molar-refractivity contribution in [3.63, 3.8) is 0 Å². The number of nitrogens with one attached hydrogen (secondary N) is 1. The predicted octanol–water partition coefficient (Wildman–Crippen LogP) is 3.20. The topological polar surface area (TPSA) is 60.5 Å². The molecule has 0 aliphatic carbocycles. The van der Waals surface area contributed by atoms with Crippen molar-refractivity contribution in [3.05, 3.63) is 66.4 Å². The maximum absolute atomic E-state index is 12.0. The fraction of sp³-hybridized carbons (Fsp3) is 0.176. The van der Waals surface area contributed by atoms with Crippen LogP contribution < -0.4 is 5.32 Å². The molecule has 0 fully saturated rings. The molecule has 0 saturated heterocycles. The van der Waals surface area contributed by atoms with Crippen molar-refractivity contribution in [3.8, 4) is 0 Å². The number of carbonyl (C=O) groups is 1. The Hall–Kier alpha value is -2.47. The first kappa shape index (κ1) is 15.4. The van der Waals surface area contributed by atoms with Crippen molar-refractivity contribution in [1.82, 2.24) is 4.98 Å². The highest BCUT2D eigenvalue weighted by Gasteiger charge is 2.14. The van der Waals surface area contributed by atoms with Crippen LogP contribution in [0, 0.1) is 0 Å². The zero-order valence-corrected chi connectivity index (χ0v) is 13.2. The number of anilines is 1. The summed E-state index contributed by atoms with van der Waals surface area (Å²) in [5.41, 5.74) is 1.90. The molecule has 1 aromatic carbocycles. The van der Waals surface area contributed by atoms with Crippen LogP contribution in [0.1, 0.15) is 5.56 Å². The molecule has 2 heterocycles. The van der Waals surface area contributed by atoms with E-state index in [-0.39, 0.29) is 11.7 Å². The van der Waals surface area contributed by atoms with Gasteiger partial charge in [-0.25, -0.2) is 0 Å². The van der Waals surface area contributed by atoms with Gasteiger partial charge in [0.1, 0.15) is 19.5 Å². The number of thioether (sulfide) groups is 1. The molecule has 0 saturated carbocycles. The molecule has 0 unspecified atom stereocenters. The van der Waals surface area contributed by atoms with Crippen LogP contribution in [0.5, 0.6) is 0 Å². The van der Waals surface area contributed by atoms with Crippen molar-refractivity contribution in [2.45, 2.75) is 10.6 Å². The molecule has 1 N–H and O–H groups in total. The van der Waals surface area contributed by atoms with Gasteiger partial charge >= 0.3 is 0 Å². The normalized spacial score (nSPS) is 13.5. The Balaban J connectivity index is 1.54. The molecule has 6 heteroatoms. The summed E-state index contributed by atoms with van der Waals surface area (Å²) in [5, 5.41) is 2.78. The quantitative estimate of drug-likeness (QED) is 0.854. The van der Waals surface area contributed by atoms with E-state index in [1.165, 1.54) is 11.8 Å². The molecule has 0 atom stereocenters. The summed E-state index contributed by atoms with van der Waals surface area (Å²) in [7, 11) is 0. The van der Waals surface area contributed by atoms with Crippen LogP contribution in [0.15, 0.2) is 65.7 Å². The van der Waals surface area contributed by atoms with Gasteiger partial charge < -0.3 is 14.8 Å². The molecule has 0 bridgehead atoms. The van der Waals surface area contributed by atoms with E-state index >= 15 is 0 Å². The van der Waals surface area contributed by atoms with Gasteiger partial charge in [0, 0.05) is 28.7 Å². The van der Waals surface area contributed by atoms with Crippen LogP contribution in [0.4, 0.5) is 5.69 Å². The smallest absolute Gasteiger partial charge is 0.294 e. The van der Waals surface area contributed by atoms with Crippen LogP contribution in [0.25, 0.3) is 0 Å². The molecule has 3 rings (SSSR count). The Morgan fingerprint density at radius 3 is 2.78 bits per heavy atom. The number of amides is 1. The summed E-state index contributed by atoms with van der Waals surface area (Å²) in [6, 6.07) is 11.7. The van der Waals surface area contributed by atoms with Gasteiger partial charge in [0.25, 0.3) is 5.91 Å². The van der Waals surface area contributed by atoms with Gasteiger partial charge in [0.05, 0.1) is 0 Å². The van der Waals surface area contributed by atoms with E-state index in [1.807, 2.05) is 36.5 Å². The summed E-state index contributed by atoms with van der Waals surface area (Å²) < 4.78 is 10.3. The minimum Gasteiger partial charge on any atom is -0.494 e. The van der Waals surface area contributed by atoms with Crippen LogP contribution in [0.3, 0.4) is 0 Å². The number of rotatable bonds is 5. The Bertz CT molecular complexity index is 687. The van der Waals surface area contributed by atoms with Crippen LogP contribution in [0.2, 0.25) is 0 Å². The SMILES string of the molecule is O=C(Nc1ccc(SCc2cccnc2)cc1)C1=COCCO1. The summed E-state index contributed by atoms with van der Waals surface area (Å²) in [6.07, 6.45) is 4.97. The molecule has 1 aliphatic rings. The van der Waals surface area contributed by atoms with Gasteiger partial charge in [0.15, 0.2) is 0 Å². The van der Waals surface area contributed by atoms with Crippen LogP contribution in [-0.4, -0.2) is 24.1 Å². The minimum absolute atomic E-state index is 0.200. The van der Waals surface area contributed by atoms with Gasteiger partial charge in [-0.1, -0.05) is 6.07 Å². The number of pyridine rings is 1. The van der Waals surface area contributed by atoms with Gasteiger partial charge in [0.2, 0.25) is 5.76 Å². The van der Waals surface area contributed by atoms with Gasteiger partial charge in [-0.05, 0) is 35.9 Å². The van der Waals surface area contributed by atoms with Crippen LogP contribution in [-0.2, 0) is 20.0 Å². The number of aromatic nitrogens is 1. The summed E-state index contributed by atoms with van der Waals surface area (Å²) in [5.74, 6) is 0.754. The summed E-state index contributed by atoms with van der Waals surface area (Å²) in [4.78, 5) is 17.2. The highest BCUT2D eigenvalue weighted by molar-refractivity contribution is 7.98. The first-order valence-corrected chi connectivity index (χ1v) is 8.17. The van der Waals surface area contributed by atoms with E-state index in [1.54, 1.807) is 18.0 Å². The molecule has 0 spiro atoms. The van der Waals surface area contributed by atoms with Crippen molar-refractivity contribution >= 4 is 23.4 Å². The molecule has 23 heavy (non-hydrogen) atoms. The third-order valence-electron chi connectivity index (χ3n) is 3.11. The summed E-state index contributed by atoms with van der Waals surface area (Å²) in [6.45, 7) is 0.864. The third kappa shape index (κ3) is 4.50. The average molecular weight is 328 g/mol. The van der Waals surface area contributed by atoms with Gasteiger partial charge in [-0.2, -0.15) is 0 Å². The summed E-state index contributed by atoms with van der Waals surface area (Å²) >= 11 is 1.72. The van der Waals surface area contributed by atoms with E-state index in [2.05, 4.69) is 16.4 Å². The zero-order valence-electron chi connectivity index (χ0n) is 12.4. The lowest BCUT2D eigenvalue weighted by Gasteiger charge is -2.15. The third-order valence-corrected chi connectivity index (χ3v) is 4.20. The Kier molecular flexibility index (Phi) is 5.16. The molecule has 2 aromatic rings. The fourth-order valence-electron chi connectivity index (χ4n) is 1.96. The Morgan fingerprint density at radius 2 is 2.09 bits per heavy atom. The second kappa shape index (κ2) is 7.69. The lowest BCUT2D eigenvalue weighted by molar-refractivity contribution is -0.117. The number of hydrogen-bond donors (Lipinski definition) is 1. The molecule has 0 radical (unpaired) electrons. The van der Waals surface area contributed by atoms with Gasteiger partial charge in [-0.3, -0.25) is 9.78 Å². The lowest BCUT2D eigenvalue weighted by atomic mass is 10.3. The molecule has 5 nitrogen and oxygen atoms in total. The maximum atomic E-state index is 12.0. The van der Waals surface area contributed by atoms with Crippen LogP contribution >= 0.6 is 11.8 Å². The van der Waals surface area contributed by atoms with E-state index in [9.17, 15) is 4.79 Å². The molecule has 1 aromatic heterocycles. The number of hydrogen-bond acceptors (Lipinski definition) is 5. The van der Waals surface area contributed by atoms with E-state index in [4.69, 9.17) is 9.47 Å². The van der Waals surface area contributed by atoms with Crippen molar-refractivity contribution in [2.75, 3.05) is 18.5 Å². The molecular weight excluding hydrogens is 312 g/mol. The minimum atomic E-state index is -0.305. The number of benzene rings is 1. The van der Waals surface area contributed by atoms with E-state index in [0.29, 0.717) is 13.2 Å². The maximum Gasteiger partial charge on any atom is 0.294 e. The fourth-order valence-corrected chi connectivity index (χ4v) is 2.80.